The van der Waals surface area contributed by atoms with Crippen LogP contribution in [0.5, 0.6) is 0 Å². The van der Waals surface area contributed by atoms with Crippen LogP contribution in [0.15, 0.2) is 27.6 Å². The van der Waals surface area contributed by atoms with Crippen molar-refractivity contribution >= 4 is 33.5 Å². The van der Waals surface area contributed by atoms with E-state index in [0.29, 0.717) is 0 Å². The topological polar surface area (TPSA) is 70.1 Å². The Hall–Kier alpha value is -0.520. The Bertz CT molecular complexity index is 384. The van der Waals surface area contributed by atoms with E-state index in [0.717, 1.165) is 20.7 Å². The summed E-state index contributed by atoms with van der Waals surface area (Å²) in [6, 6.07) is 5.73. The minimum Gasteiger partial charge on any atom is -0.396 e. The lowest BCUT2D eigenvalue weighted by Gasteiger charge is -2.12. The molecule has 0 spiro atoms. The van der Waals surface area contributed by atoms with Crippen LogP contribution in [-0.2, 0) is 0 Å². The largest absolute Gasteiger partial charge is 0.396 e. The monoisotopic (exact) mass is 302 g/mol. The second-order valence-corrected chi connectivity index (χ2v) is 5.54. The molecular weight excluding hydrogens is 288 g/mol. The molecule has 4 N–H and O–H groups in total. The molecule has 0 heterocycles. The number of halogens is 1. The summed E-state index contributed by atoms with van der Waals surface area (Å²) in [5.41, 5.74) is 6.28. The van der Waals surface area contributed by atoms with E-state index in [2.05, 4.69) is 15.9 Å². The van der Waals surface area contributed by atoms with Crippen LogP contribution in [-0.4, -0.2) is 23.3 Å². The molecule has 0 aliphatic heterocycles. The lowest BCUT2D eigenvalue weighted by molar-refractivity contribution is 0.250. The Balaban J connectivity index is 2.87. The van der Waals surface area contributed by atoms with Crippen molar-refractivity contribution in [2.45, 2.75) is 11.8 Å². The number of aliphatic hydroxyl groups excluding tert-OH is 1. The highest BCUT2D eigenvalue weighted by molar-refractivity contribution is 9.10. The smallest absolute Gasteiger partial charge is 0.125 e. The van der Waals surface area contributed by atoms with Crippen LogP contribution in [0.1, 0.15) is 12.5 Å². The fraction of sp³-hybridized carbons (Fsp3) is 0.364. The zero-order valence-electron chi connectivity index (χ0n) is 9.03. The molecule has 0 saturated heterocycles. The molecule has 1 rings (SSSR count). The molecule has 16 heavy (non-hydrogen) atoms. The van der Waals surface area contributed by atoms with Gasteiger partial charge in [0, 0.05) is 27.3 Å². The number of nitrogens with one attached hydrogen (secondary N) is 1. The van der Waals surface area contributed by atoms with E-state index in [4.69, 9.17) is 16.2 Å². The van der Waals surface area contributed by atoms with Gasteiger partial charge < -0.3 is 10.8 Å². The summed E-state index contributed by atoms with van der Waals surface area (Å²) < 4.78 is 0.835. The number of nitrogen functional groups attached to an aromatic ring is 1. The van der Waals surface area contributed by atoms with Crippen molar-refractivity contribution in [3.05, 3.63) is 28.2 Å². The third-order valence-corrected chi connectivity index (χ3v) is 4.13. The van der Waals surface area contributed by atoms with Gasteiger partial charge in [0.25, 0.3) is 0 Å². The van der Waals surface area contributed by atoms with Crippen molar-refractivity contribution in [3.8, 4) is 0 Å². The maximum atomic E-state index is 8.96. The fourth-order valence-electron chi connectivity index (χ4n) is 1.17. The van der Waals surface area contributed by atoms with E-state index in [1.807, 2.05) is 25.1 Å². The zero-order chi connectivity index (χ0) is 12.1. The van der Waals surface area contributed by atoms with E-state index in [1.54, 1.807) is 11.8 Å². The summed E-state index contributed by atoms with van der Waals surface area (Å²) in [5, 5.41) is 16.5. The lowest BCUT2D eigenvalue weighted by Crippen LogP contribution is -2.13. The molecule has 0 radical (unpaired) electrons. The number of benzene rings is 1. The molecule has 0 aliphatic rings. The highest BCUT2D eigenvalue weighted by Crippen LogP contribution is 2.29. The first-order valence-corrected chi connectivity index (χ1v) is 6.70. The maximum absolute atomic E-state index is 8.96. The van der Waals surface area contributed by atoms with Crippen LogP contribution in [0.25, 0.3) is 0 Å². The Kier molecular flexibility index (Phi) is 5.31. The second-order valence-electron chi connectivity index (χ2n) is 3.63. The van der Waals surface area contributed by atoms with Crippen LogP contribution in [0.2, 0.25) is 0 Å². The first-order valence-electron chi connectivity index (χ1n) is 4.92. The van der Waals surface area contributed by atoms with Crippen molar-refractivity contribution in [1.29, 1.82) is 5.41 Å². The van der Waals surface area contributed by atoms with Gasteiger partial charge >= 0.3 is 0 Å². The Morgan fingerprint density at radius 1 is 1.62 bits per heavy atom. The third-order valence-electron chi connectivity index (χ3n) is 2.08. The molecule has 3 nitrogen and oxygen atoms in total. The first kappa shape index (κ1) is 13.5. The van der Waals surface area contributed by atoms with Crippen LogP contribution in [0.3, 0.4) is 0 Å². The molecule has 1 atom stereocenters. The van der Waals surface area contributed by atoms with Gasteiger partial charge in [-0.2, -0.15) is 0 Å². The van der Waals surface area contributed by atoms with Crippen molar-refractivity contribution in [2.24, 2.45) is 11.7 Å². The molecule has 1 aromatic carbocycles. The van der Waals surface area contributed by atoms with Crippen molar-refractivity contribution in [1.82, 2.24) is 0 Å². The quantitative estimate of drug-likeness (QED) is 0.444. The molecule has 0 amide bonds. The van der Waals surface area contributed by atoms with Gasteiger partial charge in [-0.15, -0.1) is 11.8 Å². The molecule has 0 bridgehead atoms. The van der Waals surface area contributed by atoms with E-state index in [1.165, 1.54) is 0 Å². The molecule has 88 valence electrons. The Morgan fingerprint density at radius 3 is 2.88 bits per heavy atom. The average molecular weight is 303 g/mol. The molecule has 1 unspecified atom stereocenters. The standard InChI is InChI=1S/C11H15BrN2OS/c1-7(5-15)6-16-9-4-2-3-8(12)10(9)11(13)14/h2-4,7,15H,5-6H2,1H3,(H3,13,14). The number of hydrogen-bond acceptors (Lipinski definition) is 3. The van der Waals surface area contributed by atoms with Gasteiger partial charge in [-0.1, -0.05) is 13.0 Å². The Morgan fingerprint density at radius 2 is 2.31 bits per heavy atom. The normalized spacial score (nSPS) is 12.4. The number of amidine groups is 1. The minimum absolute atomic E-state index is 0.0617. The molecule has 0 saturated carbocycles. The lowest BCUT2D eigenvalue weighted by atomic mass is 10.2. The maximum Gasteiger partial charge on any atom is 0.125 e. The predicted molar refractivity (Wildman–Crippen MR) is 72.1 cm³/mol. The number of hydrogen-bond donors (Lipinski definition) is 3. The Labute approximate surface area is 108 Å². The van der Waals surface area contributed by atoms with Crippen LogP contribution < -0.4 is 5.73 Å². The molecule has 1 aromatic rings. The van der Waals surface area contributed by atoms with Crippen molar-refractivity contribution in [2.75, 3.05) is 12.4 Å². The summed E-state index contributed by atoms with van der Waals surface area (Å²) >= 11 is 5.00. The van der Waals surface area contributed by atoms with E-state index in [9.17, 15) is 0 Å². The first-order chi connectivity index (χ1) is 7.56. The van der Waals surface area contributed by atoms with Crippen molar-refractivity contribution in [3.63, 3.8) is 0 Å². The van der Waals surface area contributed by atoms with Crippen LogP contribution in [0.4, 0.5) is 0 Å². The van der Waals surface area contributed by atoms with Crippen LogP contribution >= 0.6 is 27.7 Å². The molecular formula is C11H15BrN2OS. The highest BCUT2D eigenvalue weighted by atomic mass is 79.9. The minimum atomic E-state index is 0.0617. The third kappa shape index (κ3) is 3.50. The number of thioether (sulfide) groups is 1. The van der Waals surface area contributed by atoms with Gasteiger partial charge in [0.2, 0.25) is 0 Å². The highest BCUT2D eigenvalue weighted by Gasteiger charge is 2.11. The van der Waals surface area contributed by atoms with E-state index < -0.39 is 0 Å². The number of nitrogens with two attached hydrogens (primary N) is 1. The van der Waals surface area contributed by atoms with Gasteiger partial charge in [0.1, 0.15) is 5.84 Å². The number of aliphatic hydroxyl groups is 1. The van der Waals surface area contributed by atoms with Gasteiger partial charge in [0.05, 0.1) is 0 Å². The van der Waals surface area contributed by atoms with Gasteiger partial charge in [-0.05, 0) is 34.0 Å². The summed E-state index contributed by atoms with van der Waals surface area (Å²) in [4.78, 5) is 0.974. The van der Waals surface area contributed by atoms with Gasteiger partial charge in [-0.25, -0.2) is 0 Å². The van der Waals surface area contributed by atoms with Crippen LogP contribution in [0, 0.1) is 11.3 Å². The summed E-state index contributed by atoms with van der Waals surface area (Å²) in [5.74, 6) is 1.11. The molecule has 0 aromatic heterocycles. The fourth-order valence-corrected chi connectivity index (χ4v) is 2.99. The summed E-state index contributed by atoms with van der Waals surface area (Å²) in [7, 11) is 0. The number of rotatable bonds is 5. The SMILES string of the molecule is CC(CO)CSc1cccc(Br)c1C(=N)N. The molecule has 5 heteroatoms. The molecule has 0 aliphatic carbocycles. The second kappa shape index (κ2) is 6.27. The van der Waals surface area contributed by atoms with E-state index in [-0.39, 0.29) is 18.4 Å². The van der Waals surface area contributed by atoms with E-state index >= 15 is 0 Å². The summed E-state index contributed by atoms with van der Waals surface area (Å²) in [6.45, 7) is 2.16. The summed E-state index contributed by atoms with van der Waals surface area (Å²) in [6.07, 6.45) is 0. The van der Waals surface area contributed by atoms with Gasteiger partial charge in [-0.3, -0.25) is 5.41 Å². The van der Waals surface area contributed by atoms with Crippen molar-refractivity contribution < 1.29 is 5.11 Å². The zero-order valence-corrected chi connectivity index (χ0v) is 11.4. The molecule has 0 fully saturated rings. The average Bonchev–Trinajstić information content (AvgIpc) is 2.25. The predicted octanol–water partition coefficient (Wildman–Crippen LogP) is 2.45. The van der Waals surface area contributed by atoms with Gasteiger partial charge in [0.15, 0.2) is 0 Å².